The number of nitrogens with zero attached hydrogens (tertiary/aromatic N) is 10. The zero-order valence-electron chi connectivity index (χ0n) is 82.1. The monoisotopic (exact) mass is 1920 g/mol. The van der Waals surface area contributed by atoms with Crippen LogP contribution in [0.5, 0.6) is 0 Å². The number of carbonyl (C=O) groups excluding carboxylic acids is 1. The van der Waals surface area contributed by atoms with Crippen molar-refractivity contribution in [2.24, 2.45) is 5.73 Å². The number of nitrogens with two attached hydrogens (primary N) is 1. The van der Waals surface area contributed by atoms with Gasteiger partial charge in [-0.2, -0.15) is 0 Å². The molecule has 1 amide bonds. The molecule has 7 fully saturated rings. The van der Waals surface area contributed by atoms with Crippen LogP contribution in [0, 0.1) is 0 Å². The zero-order chi connectivity index (χ0) is 95.8. The summed E-state index contributed by atoms with van der Waals surface area (Å²) >= 11 is 3.75. The van der Waals surface area contributed by atoms with Crippen molar-refractivity contribution in [1.29, 1.82) is 0 Å². The molecule has 0 unspecified atom stereocenters. The summed E-state index contributed by atoms with van der Waals surface area (Å²) < 4.78 is 25.4. The Balaban J connectivity index is 0.000000109. The summed E-state index contributed by atoms with van der Waals surface area (Å²) in [6.07, 6.45) is 31.6. The van der Waals surface area contributed by atoms with Gasteiger partial charge in [-0.15, -0.1) is 0 Å². The molecule has 11 heterocycles. The van der Waals surface area contributed by atoms with Crippen LogP contribution >= 0.6 is 15.9 Å². The van der Waals surface area contributed by atoms with E-state index in [4.69, 9.17) is 44.7 Å². The second kappa shape index (κ2) is 37.6. The van der Waals surface area contributed by atoms with Crippen LogP contribution in [-0.2, 0) is 30.4 Å². The van der Waals surface area contributed by atoms with Gasteiger partial charge in [-0.3, -0.25) is 13.7 Å². The van der Waals surface area contributed by atoms with Gasteiger partial charge in [0.15, 0.2) is 17.5 Å². The Morgan fingerprint density at radius 2 is 0.736 bits per heavy atom. The SMILES string of the molecule is CC(C)(C)OC(=O)N1CCC(c2ccc(B3OC(C)(C)C(C)(C)O3)cc2)CC1.CC1(c2ccc(-c3c(-c4ccc(C5CCCCC5)cc4)nc4n3-c3cccnc3Nc3ccccc3-4)cc2)CCC1.CC1(c2ccc(-c3c(Br)nc4n3-c3cccnc3Nc3ccccc3-4)cc2)CCC1.NC1(c2ccc(-c3c(-c4ccc(C5CCCCC5)cc4)nc4n3-c3cccnc3Nc3ccccc3-4)cc2)CCC1. The Hall–Kier alpha value is -12.8. The molecule has 140 heavy (non-hydrogen) atoms. The minimum atomic E-state index is -0.447. The Morgan fingerprint density at radius 3 is 1.11 bits per heavy atom. The fraction of sp³-hybridized carbons (Fsp3) is 0.342. The second-order valence-corrected chi connectivity index (χ2v) is 43.7. The molecule has 0 radical (unpaired) electrons. The lowest BCUT2D eigenvalue weighted by Crippen LogP contribution is -2.43. The summed E-state index contributed by atoms with van der Waals surface area (Å²) in [5.41, 5.74) is 35.6. The second-order valence-electron chi connectivity index (χ2n) is 43.0. The largest absolute Gasteiger partial charge is 0.494 e. The Labute approximate surface area is 832 Å². The predicted octanol–water partition coefficient (Wildman–Crippen LogP) is 29.5. The van der Waals surface area contributed by atoms with Crippen LogP contribution in [0.2, 0.25) is 0 Å². The van der Waals surface area contributed by atoms with Gasteiger partial charge in [-0.05, 0) is 288 Å². The van der Waals surface area contributed by atoms with Crippen LogP contribution in [0.1, 0.15) is 248 Å². The fourth-order valence-corrected chi connectivity index (χ4v) is 23.2. The summed E-state index contributed by atoms with van der Waals surface area (Å²) in [6.45, 7) is 20.2. The van der Waals surface area contributed by atoms with Crippen LogP contribution in [0.4, 0.5) is 39.3 Å². The number of rotatable bonds is 12. The first-order valence-corrected chi connectivity index (χ1v) is 51.9. The molecule has 15 aromatic rings. The maximum atomic E-state index is 12.2. The molecule has 6 aromatic heterocycles. The van der Waals surface area contributed by atoms with Crippen LogP contribution in [-0.4, -0.2) is 91.6 Å². The quantitative estimate of drug-likeness (QED) is 0.0841. The lowest BCUT2D eigenvalue weighted by molar-refractivity contribution is 0.00578. The van der Waals surface area contributed by atoms with Gasteiger partial charge in [-0.1, -0.05) is 247 Å². The zero-order valence-corrected chi connectivity index (χ0v) is 83.7. The number of benzene rings is 9. The normalized spacial score (nSPS) is 18.1. The highest BCUT2D eigenvalue weighted by Gasteiger charge is 2.52. The number of fused-ring (bicyclic) bond motifs is 15. The summed E-state index contributed by atoms with van der Waals surface area (Å²) in [4.78, 5) is 43.9. The molecule has 9 aromatic carbocycles. The Bertz CT molecular complexity index is 6790. The molecular weight excluding hydrogens is 1790 g/mol. The third kappa shape index (κ3) is 17.8. The highest BCUT2D eigenvalue weighted by molar-refractivity contribution is 9.10. The average Bonchev–Trinajstić information content (AvgIpc) is 1.58. The maximum Gasteiger partial charge on any atom is 0.494 e. The molecule has 5 N–H and O–H groups in total. The number of piperidine rings is 1. The number of amides is 1. The molecule has 25 rings (SSSR count). The van der Waals surface area contributed by atoms with Gasteiger partial charge in [0.2, 0.25) is 0 Å². The van der Waals surface area contributed by atoms with E-state index in [1.165, 1.54) is 148 Å². The topological polar surface area (TPSA) is 202 Å². The van der Waals surface area contributed by atoms with Crippen LogP contribution in [0.3, 0.4) is 0 Å². The summed E-state index contributed by atoms with van der Waals surface area (Å²) in [7, 11) is -0.326. The molecule has 0 atom stereocenters. The first kappa shape index (κ1) is 92.2. The number of likely N-dealkylation sites (tertiary alicyclic amines) is 1. The fourth-order valence-electron chi connectivity index (χ4n) is 22.6. The highest BCUT2D eigenvalue weighted by Crippen LogP contribution is 2.53. The van der Waals surface area contributed by atoms with Gasteiger partial charge in [0.1, 0.15) is 27.7 Å². The number of para-hydroxylation sites is 3. The van der Waals surface area contributed by atoms with E-state index in [-0.39, 0.29) is 30.0 Å². The van der Waals surface area contributed by atoms with Gasteiger partial charge in [0.05, 0.1) is 73.8 Å². The standard InChI is InChI=1S/C37H36N4.C36H35N5.C25H21BrN4.C22H34BNO4/c1-37(22-8-23-37)29-20-18-28(19-21-29)34-33(27-16-14-26(15-17-27)25-9-3-2-4-10-25)40-36-30-11-5-6-12-31(30)39-35-32(41(34)36)13-7-24-38-35;37-36(21-7-22-36)28-19-17-27(18-20-28)33-32(26-15-13-25(14-16-26)24-8-2-1-3-9-24)40-35-29-10-4-5-11-30(29)39-34-31(41(33)35)12-6-23-38-34;1-25(13-5-14-25)17-11-9-16(10-12-17)21-22(26)29-24-18-6-2-3-7-19(18)28-23-20(30(21)24)8-4-15-27-23;1-20(2,3)26-19(25)24-14-12-17(13-15-24)16-8-10-18(11-9-16)23-27-21(4,5)22(6,7)28-23/h5-7,11-21,24-25H,2-4,8-10,22-23H2,1H3,(H,38,39);4-6,10-20,23-24H,1-3,7-9,21-22,37H2,(H,38,39);2-4,6-12,15H,5,13-14H2,1H3,(H,27,28);8-11,17H,12-15H2,1-7H3. The van der Waals surface area contributed by atoms with Crippen molar-refractivity contribution in [2.75, 3.05) is 29.0 Å². The third-order valence-electron chi connectivity index (χ3n) is 32.1. The lowest BCUT2D eigenvalue weighted by Gasteiger charge is -2.39. The molecule has 5 saturated carbocycles. The summed E-state index contributed by atoms with van der Waals surface area (Å²) in [5, 5.41) is 10.7. The van der Waals surface area contributed by atoms with Crippen molar-refractivity contribution >= 4 is 69.1 Å². The number of imidazole rings is 3. The first-order valence-electron chi connectivity index (χ1n) is 51.1. The average molecular weight is 1920 g/mol. The molecule has 5 aliphatic carbocycles. The number of anilines is 6. The van der Waals surface area contributed by atoms with Gasteiger partial charge in [-0.25, -0.2) is 34.7 Å². The van der Waals surface area contributed by atoms with Gasteiger partial charge >= 0.3 is 13.2 Å². The number of pyridine rings is 3. The first-order chi connectivity index (χ1) is 67.9. The van der Waals surface area contributed by atoms with Crippen molar-refractivity contribution in [3.63, 3.8) is 0 Å². The van der Waals surface area contributed by atoms with E-state index < -0.39 is 5.60 Å². The van der Waals surface area contributed by atoms with E-state index in [0.29, 0.717) is 28.6 Å². The van der Waals surface area contributed by atoms with E-state index in [1.54, 1.807) is 0 Å². The summed E-state index contributed by atoms with van der Waals surface area (Å²) in [6, 6.07) is 91.8. The van der Waals surface area contributed by atoms with Crippen LogP contribution < -0.4 is 27.1 Å². The van der Waals surface area contributed by atoms with E-state index in [0.717, 1.165) is 185 Å². The molecule has 20 heteroatoms. The van der Waals surface area contributed by atoms with E-state index >= 15 is 0 Å². The number of nitrogens with one attached hydrogen (secondary N) is 3. The molecule has 18 nitrogen and oxygen atoms in total. The number of hydrogen-bond donors (Lipinski definition) is 4. The van der Waals surface area contributed by atoms with Crippen molar-refractivity contribution < 1.29 is 18.8 Å². The van der Waals surface area contributed by atoms with E-state index in [9.17, 15) is 4.79 Å². The molecule has 0 spiro atoms. The molecular formula is C120H126BBrN14O4. The third-order valence-corrected chi connectivity index (χ3v) is 32.7. The highest BCUT2D eigenvalue weighted by atomic mass is 79.9. The predicted molar refractivity (Wildman–Crippen MR) is 571 cm³/mol. The number of hydrogen-bond acceptors (Lipinski definition) is 14. The van der Waals surface area contributed by atoms with Gasteiger partial charge in [0, 0.05) is 81.7 Å². The minimum Gasteiger partial charge on any atom is -0.444 e. The van der Waals surface area contributed by atoms with E-state index in [1.807, 2.05) is 74.6 Å². The van der Waals surface area contributed by atoms with Gasteiger partial charge in [0.25, 0.3) is 0 Å². The molecule has 710 valence electrons. The van der Waals surface area contributed by atoms with E-state index in [2.05, 4.69) is 317 Å². The smallest absolute Gasteiger partial charge is 0.444 e. The lowest BCUT2D eigenvalue weighted by atomic mass is 9.66. The molecule has 0 bridgehead atoms. The van der Waals surface area contributed by atoms with Crippen LogP contribution in [0.25, 0.3) is 108 Å². The van der Waals surface area contributed by atoms with Crippen molar-refractivity contribution in [3.05, 3.63) is 311 Å². The molecule has 5 aliphatic heterocycles. The Morgan fingerprint density at radius 1 is 0.393 bits per heavy atom. The Kier molecular flexibility index (Phi) is 24.8. The maximum absolute atomic E-state index is 12.2. The number of carbonyl (C=O) groups is 1. The number of aromatic nitrogens is 9. The van der Waals surface area contributed by atoms with Crippen molar-refractivity contribution in [3.8, 4) is 108 Å². The van der Waals surface area contributed by atoms with Gasteiger partial charge < -0.3 is 40.6 Å². The molecule has 10 aliphatic rings. The van der Waals surface area contributed by atoms with Crippen molar-refractivity contribution in [1.82, 2.24) is 48.5 Å². The number of ether oxygens (including phenoxy) is 1. The number of halogens is 1. The van der Waals surface area contributed by atoms with Crippen LogP contribution in [0.15, 0.2) is 278 Å². The summed E-state index contributed by atoms with van der Waals surface area (Å²) in [5.74, 6) is 7.08. The molecule has 2 saturated heterocycles. The minimum absolute atomic E-state index is 0.190. The van der Waals surface area contributed by atoms with Crippen molar-refractivity contribution in [2.45, 2.75) is 248 Å².